The maximum Gasteiger partial charge on any atom is 0.291 e. The lowest BCUT2D eigenvalue weighted by atomic mass is 10.3. The summed E-state index contributed by atoms with van der Waals surface area (Å²) in [6.07, 6.45) is 4.37. The zero-order chi connectivity index (χ0) is 20.9. The Morgan fingerprint density at radius 2 is 2.17 bits per heavy atom. The van der Waals surface area contributed by atoms with Crippen LogP contribution in [0.5, 0.6) is 5.75 Å². The van der Waals surface area contributed by atoms with Gasteiger partial charge in [0.25, 0.3) is 11.5 Å². The number of nitrogens with one attached hydrogen (secondary N) is 1. The van der Waals surface area contributed by atoms with Crippen LogP contribution in [0.4, 0.5) is 5.69 Å². The Hall–Kier alpha value is -3.46. The summed E-state index contributed by atoms with van der Waals surface area (Å²) in [4.78, 5) is 29.5. The number of rotatable bonds is 8. The lowest BCUT2D eigenvalue weighted by Crippen LogP contribution is -2.16. The number of anilines is 1. The standard InChI is InChI=1S/C21H20N4O4S/c1-2-3-9-18-24-25-19(26)12-15(23-21(25)30-18)13-29-16-7-4-6-14(11-16)22-20(27)17-8-5-10-28-17/h4-8,10-12H,2-3,9,13H2,1H3,(H,22,27). The van der Waals surface area contributed by atoms with Crippen LogP contribution >= 0.6 is 11.3 Å². The molecule has 0 saturated carbocycles. The summed E-state index contributed by atoms with van der Waals surface area (Å²) < 4.78 is 12.2. The van der Waals surface area contributed by atoms with E-state index in [2.05, 4.69) is 22.3 Å². The lowest BCUT2D eigenvalue weighted by Gasteiger charge is -2.08. The fourth-order valence-corrected chi connectivity index (χ4v) is 3.78. The Bertz CT molecular complexity index is 1210. The molecule has 0 aliphatic carbocycles. The molecule has 1 amide bonds. The van der Waals surface area contributed by atoms with E-state index in [1.165, 1.54) is 28.2 Å². The molecule has 0 aliphatic rings. The number of furan rings is 1. The summed E-state index contributed by atoms with van der Waals surface area (Å²) in [5, 5.41) is 7.99. The van der Waals surface area contributed by atoms with Gasteiger partial charge in [0.15, 0.2) is 5.76 Å². The van der Waals surface area contributed by atoms with E-state index in [9.17, 15) is 9.59 Å². The number of unbranched alkanes of at least 4 members (excludes halogenated alkanes) is 1. The van der Waals surface area contributed by atoms with Crippen molar-refractivity contribution in [3.8, 4) is 5.75 Å². The van der Waals surface area contributed by atoms with Gasteiger partial charge in [0.2, 0.25) is 4.96 Å². The second-order valence-corrected chi connectivity index (χ2v) is 7.67. The van der Waals surface area contributed by atoms with Gasteiger partial charge in [0.1, 0.15) is 17.4 Å². The van der Waals surface area contributed by atoms with E-state index >= 15 is 0 Å². The smallest absolute Gasteiger partial charge is 0.291 e. The average Bonchev–Trinajstić information content (AvgIpc) is 3.41. The van der Waals surface area contributed by atoms with Crippen LogP contribution in [0.25, 0.3) is 4.96 Å². The van der Waals surface area contributed by atoms with E-state index in [1.54, 1.807) is 36.4 Å². The molecule has 0 radical (unpaired) electrons. The number of carbonyl (C=O) groups is 1. The lowest BCUT2D eigenvalue weighted by molar-refractivity contribution is 0.0996. The van der Waals surface area contributed by atoms with E-state index in [0.29, 0.717) is 22.1 Å². The third kappa shape index (κ3) is 4.57. The van der Waals surface area contributed by atoms with Crippen molar-refractivity contribution in [2.45, 2.75) is 32.8 Å². The monoisotopic (exact) mass is 424 g/mol. The van der Waals surface area contributed by atoms with Crippen molar-refractivity contribution in [2.75, 3.05) is 5.32 Å². The molecule has 0 fully saturated rings. The van der Waals surface area contributed by atoms with Crippen molar-refractivity contribution < 1.29 is 13.9 Å². The van der Waals surface area contributed by atoms with Crippen LogP contribution in [0.15, 0.2) is 57.9 Å². The normalized spacial score (nSPS) is 11.0. The summed E-state index contributed by atoms with van der Waals surface area (Å²) in [5.41, 5.74) is 0.869. The minimum Gasteiger partial charge on any atom is -0.487 e. The average molecular weight is 424 g/mol. The number of ether oxygens (including phenoxy) is 1. The van der Waals surface area contributed by atoms with Gasteiger partial charge >= 0.3 is 0 Å². The molecule has 3 aromatic heterocycles. The number of hydrogen-bond donors (Lipinski definition) is 1. The highest BCUT2D eigenvalue weighted by atomic mass is 32.1. The van der Waals surface area contributed by atoms with E-state index in [-0.39, 0.29) is 23.8 Å². The number of aryl methyl sites for hydroxylation is 1. The molecule has 0 spiro atoms. The molecule has 0 unspecified atom stereocenters. The van der Waals surface area contributed by atoms with Crippen molar-refractivity contribution in [2.24, 2.45) is 0 Å². The van der Waals surface area contributed by atoms with Crippen LogP contribution in [-0.4, -0.2) is 20.5 Å². The molecule has 4 aromatic rings. The zero-order valence-electron chi connectivity index (χ0n) is 16.3. The molecule has 1 aromatic carbocycles. The fraction of sp³-hybridized carbons (Fsp3) is 0.238. The maximum atomic E-state index is 12.3. The van der Waals surface area contributed by atoms with Crippen molar-refractivity contribution in [3.05, 3.63) is 75.5 Å². The Morgan fingerprint density at radius 1 is 1.27 bits per heavy atom. The van der Waals surface area contributed by atoms with Gasteiger partial charge < -0.3 is 14.5 Å². The molecule has 4 rings (SSSR count). The predicted molar refractivity (Wildman–Crippen MR) is 113 cm³/mol. The number of hydrogen-bond acceptors (Lipinski definition) is 7. The molecule has 0 aliphatic heterocycles. The molecule has 0 atom stereocenters. The molecular weight excluding hydrogens is 404 g/mol. The maximum absolute atomic E-state index is 12.3. The summed E-state index contributed by atoms with van der Waals surface area (Å²) in [5.74, 6) is 0.422. The number of carbonyl (C=O) groups excluding carboxylic acids is 1. The van der Waals surface area contributed by atoms with Gasteiger partial charge in [-0.15, -0.1) is 0 Å². The largest absolute Gasteiger partial charge is 0.487 e. The zero-order valence-corrected chi connectivity index (χ0v) is 17.1. The Balaban J connectivity index is 1.44. The highest BCUT2D eigenvalue weighted by Crippen LogP contribution is 2.20. The minimum atomic E-state index is -0.346. The van der Waals surface area contributed by atoms with E-state index in [4.69, 9.17) is 9.15 Å². The number of amides is 1. The van der Waals surface area contributed by atoms with Crippen LogP contribution in [0, 0.1) is 0 Å². The van der Waals surface area contributed by atoms with Crippen molar-refractivity contribution >= 4 is 27.9 Å². The first-order valence-electron chi connectivity index (χ1n) is 9.59. The van der Waals surface area contributed by atoms with Gasteiger partial charge in [-0.1, -0.05) is 30.7 Å². The van der Waals surface area contributed by atoms with Crippen LogP contribution in [-0.2, 0) is 13.0 Å². The Morgan fingerprint density at radius 3 is 2.97 bits per heavy atom. The minimum absolute atomic E-state index is 0.128. The first-order chi connectivity index (χ1) is 14.6. The highest BCUT2D eigenvalue weighted by molar-refractivity contribution is 7.16. The van der Waals surface area contributed by atoms with Crippen LogP contribution in [0.1, 0.15) is 41.0 Å². The third-order valence-electron chi connectivity index (χ3n) is 4.31. The van der Waals surface area contributed by atoms with Gasteiger partial charge in [-0.2, -0.15) is 9.61 Å². The number of nitrogens with zero attached hydrogens (tertiary/aromatic N) is 3. The number of benzene rings is 1. The van der Waals surface area contributed by atoms with Crippen molar-refractivity contribution in [1.82, 2.24) is 14.6 Å². The molecule has 1 N–H and O–H groups in total. The third-order valence-corrected chi connectivity index (χ3v) is 5.28. The van der Waals surface area contributed by atoms with Gasteiger partial charge in [0.05, 0.1) is 12.0 Å². The molecule has 8 nitrogen and oxygen atoms in total. The molecule has 30 heavy (non-hydrogen) atoms. The molecule has 0 saturated heterocycles. The Kier molecular flexibility index (Phi) is 5.89. The summed E-state index contributed by atoms with van der Waals surface area (Å²) in [6.45, 7) is 2.24. The number of aromatic nitrogens is 3. The molecule has 3 heterocycles. The molecular formula is C21H20N4O4S. The van der Waals surface area contributed by atoms with Crippen molar-refractivity contribution in [3.63, 3.8) is 0 Å². The summed E-state index contributed by atoms with van der Waals surface area (Å²) in [6, 6.07) is 11.6. The summed E-state index contributed by atoms with van der Waals surface area (Å²) >= 11 is 1.42. The van der Waals surface area contributed by atoms with Crippen LogP contribution in [0.2, 0.25) is 0 Å². The van der Waals surface area contributed by atoms with Gasteiger partial charge in [0, 0.05) is 24.2 Å². The van der Waals surface area contributed by atoms with Crippen LogP contribution < -0.4 is 15.6 Å². The molecule has 154 valence electrons. The van der Waals surface area contributed by atoms with E-state index < -0.39 is 0 Å². The van der Waals surface area contributed by atoms with Crippen LogP contribution in [0.3, 0.4) is 0 Å². The van der Waals surface area contributed by atoms with Crippen molar-refractivity contribution in [1.29, 1.82) is 0 Å². The quantitative estimate of drug-likeness (QED) is 0.460. The van der Waals surface area contributed by atoms with E-state index in [0.717, 1.165) is 24.3 Å². The Labute approximate surface area is 176 Å². The van der Waals surface area contributed by atoms with E-state index in [1.807, 2.05) is 0 Å². The number of fused-ring (bicyclic) bond motifs is 1. The first kappa shape index (κ1) is 19.8. The second-order valence-electron chi connectivity index (χ2n) is 6.63. The topological polar surface area (TPSA) is 98.7 Å². The summed E-state index contributed by atoms with van der Waals surface area (Å²) in [7, 11) is 0. The van der Waals surface area contributed by atoms with Gasteiger partial charge in [-0.3, -0.25) is 9.59 Å². The highest BCUT2D eigenvalue weighted by Gasteiger charge is 2.11. The van der Waals surface area contributed by atoms with Gasteiger partial charge in [-0.05, 0) is 30.7 Å². The molecule has 0 bridgehead atoms. The fourth-order valence-electron chi connectivity index (χ4n) is 2.82. The SMILES string of the molecule is CCCCc1nn2c(=O)cc(COc3cccc(NC(=O)c4ccco4)c3)nc2s1. The molecule has 9 heteroatoms. The predicted octanol–water partition coefficient (Wildman–Crippen LogP) is 3.92. The van der Waals surface area contributed by atoms with Gasteiger partial charge in [-0.25, -0.2) is 4.98 Å². The first-order valence-corrected chi connectivity index (χ1v) is 10.4. The second kappa shape index (κ2) is 8.91.